The van der Waals surface area contributed by atoms with E-state index in [0.717, 1.165) is 11.3 Å². The number of hydrogen-bond donors (Lipinski definition) is 3. The van der Waals surface area contributed by atoms with E-state index in [1.165, 1.54) is 0 Å². The topological polar surface area (TPSA) is 110 Å². The normalized spacial score (nSPS) is 10.3. The van der Waals surface area contributed by atoms with Gasteiger partial charge >= 0.3 is 6.03 Å². The van der Waals surface area contributed by atoms with Gasteiger partial charge in [0.15, 0.2) is 0 Å². The Morgan fingerprint density at radius 3 is 1.95 bits per heavy atom. The molecule has 2 aromatic heterocycles. The minimum atomic E-state index is -0.369. The molecular formula is C29H24N6O3. The number of nitrogens with zero attached hydrogens (tertiary/aromatic N) is 3. The third-order valence-corrected chi connectivity index (χ3v) is 5.34. The Balaban J connectivity index is 1.19. The molecule has 0 spiro atoms. The molecule has 0 unspecified atom stereocenters. The molecule has 0 aliphatic carbocycles. The van der Waals surface area contributed by atoms with Crippen LogP contribution in [0.5, 0.6) is 23.1 Å². The summed E-state index contributed by atoms with van der Waals surface area (Å²) >= 11 is 0. The summed E-state index contributed by atoms with van der Waals surface area (Å²) in [4.78, 5) is 25.4. The number of rotatable bonds is 8. The van der Waals surface area contributed by atoms with Crippen molar-refractivity contribution in [3.05, 3.63) is 109 Å². The molecule has 2 heterocycles. The predicted octanol–water partition coefficient (Wildman–Crippen LogP) is 6.81. The van der Waals surface area contributed by atoms with E-state index in [0.29, 0.717) is 40.4 Å². The van der Waals surface area contributed by atoms with Crippen LogP contribution < -0.4 is 25.4 Å². The molecule has 38 heavy (non-hydrogen) atoms. The first-order valence-electron chi connectivity index (χ1n) is 11.8. The van der Waals surface area contributed by atoms with Gasteiger partial charge in [0, 0.05) is 30.8 Å². The first-order valence-corrected chi connectivity index (χ1v) is 11.8. The largest absolute Gasteiger partial charge is 0.457 e. The molecule has 3 N–H and O–H groups in total. The van der Waals surface area contributed by atoms with Gasteiger partial charge in [-0.15, -0.1) is 0 Å². The number of aromatic nitrogens is 3. The molecule has 188 valence electrons. The number of ether oxygens (including phenoxy) is 2. The molecule has 0 aliphatic heterocycles. The van der Waals surface area contributed by atoms with Crippen LogP contribution in [-0.4, -0.2) is 28.0 Å². The first-order chi connectivity index (χ1) is 18.7. The van der Waals surface area contributed by atoms with Crippen molar-refractivity contribution < 1.29 is 14.3 Å². The SMILES string of the molecule is CNc1nccc(-c2cccnc2Oc2ccc(NC(=O)Nc3ccc(Oc4ccccc4)cc3)cc2)n1. The summed E-state index contributed by atoms with van der Waals surface area (Å²) in [5.41, 5.74) is 2.65. The van der Waals surface area contributed by atoms with Crippen LogP contribution in [0.1, 0.15) is 0 Å². The van der Waals surface area contributed by atoms with Crippen LogP contribution >= 0.6 is 0 Å². The number of urea groups is 1. The highest BCUT2D eigenvalue weighted by Gasteiger charge is 2.11. The van der Waals surface area contributed by atoms with Crippen molar-refractivity contribution in [3.8, 4) is 34.4 Å². The average Bonchev–Trinajstić information content (AvgIpc) is 2.96. The monoisotopic (exact) mass is 504 g/mol. The van der Waals surface area contributed by atoms with Crippen LogP contribution in [0.4, 0.5) is 22.1 Å². The fourth-order valence-electron chi connectivity index (χ4n) is 3.54. The van der Waals surface area contributed by atoms with Crippen LogP contribution in [0.15, 0.2) is 109 Å². The Hall–Kier alpha value is -5.44. The molecule has 5 aromatic rings. The second-order valence-corrected chi connectivity index (χ2v) is 8.02. The Labute approximate surface area is 219 Å². The molecule has 9 heteroatoms. The summed E-state index contributed by atoms with van der Waals surface area (Å²) in [7, 11) is 1.76. The molecule has 2 amide bonds. The number of pyridine rings is 1. The van der Waals surface area contributed by atoms with Crippen LogP contribution in [0.3, 0.4) is 0 Å². The van der Waals surface area contributed by atoms with Crippen LogP contribution in [-0.2, 0) is 0 Å². The Morgan fingerprint density at radius 2 is 1.29 bits per heavy atom. The highest BCUT2D eigenvalue weighted by Crippen LogP contribution is 2.31. The zero-order valence-corrected chi connectivity index (χ0v) is 20.5. The van der Waals surface area contributed by atoms with Crippen molar-refractivity contribution in [1.82, 2.24) is 15.0 Å². The molecule has 0 bridgehead atoms. The Bertz CT molecular complexity index is 1510. The zero-order valence-electron chi connectivity index (χ0n) is 20.5. The van der Waals surface area contributed by atoms with Crippen LogP contribution in [0.25, 0.3) is 11.3 Å². The van der Waals surface area contributed by atoms with Crippen molar-refractivity contribution in [1.29, 1.82) is 0 Å². The molecule has 0 saturated carbocycles. The fraction of sp³-hybridized carbons (Fsp3) is 0.0345. The van der Waals surface area contributed by atoms with Crippen molar-refractivity contribution in [2.24, 2.45) is 0 Å². The summed E-state index contributed by atoms with van der Waals surface area (Å²) in [6.07, 6.45) is 3.32. The van der Waals surface area contributed by atoms with E-state index in [2.05, 4.69) is 30.9 Å². The lowest BCUT2D eigenvalue weighted by Gasteiger charge is -2.11. The summed E-state index contributed by atoms with van der Waals surface area (Å²) in [6.45, 7) is 0. The molecule has 3 aromatic carbocycles. The first kappa shape index (κ1) is 24.3. The maximum Gasteiger partial charge on any atom is 0.323 e. The van der Waals surface area contributed by atoms with Gasteiger partial charge in [0.1, 0.15) is 17.2 Å². The highest BCUT2D eigenvalue weighted by molar-refractivity contribution is 5.99. The maximum absolute atomic E-state index is 12.5. The lowest BCUT2D eigenvalue weighted by atomic mass is 10.2. The smallest absolute Gasteiger partial charge is 0.323 e. The third kappa shape index (κ3) is 6.21. The lowest BCUT2D eigenvalue weighted by molar-refractivity contribution is 0.262. The molecular weight excluding hydrogens is 480 g/mol. The number of carbonyl (C=O) groups is 1. The minimum absolute atomic E-state index is 0.369. The molecule has 9 nitrogen and oxygen atoms in total. The second-order valence-electron chi connectivity index (χ2n) is 8.02. The number of anilines is 3. The van der Waals surface area contributed by atoms with Gasteiger partial charge in [-0.2, -0.15) is 0 Å². The van der Waals surface area contributed by atoms with Gasteiger partial charge < -0.3 is 25.4 Å². The lowest BCUT2D eigenvalue weighted by Crippen LogP contribution is -2.19. The van der Waals surface area contributed by atoms with E-state index in [9.17, 15) is 4.79 Å². The fourth-order valence-corrected chi connectivity index (χ4v) is 3.54. The number of amides is 2. The zero-order chi connectivity index (χ0) is 26.2. The summed E-state index contributed by atoms with van der Waals surface area (Å²) in [6, 6.07) is 28.8. The standard InChI is InChI=1S/C29H24N6O3/c1-30-28-32-19-17-26(35-28)25-8-5-18-31-27(25)38-24-15-11-21(12-16-24)34-29(36)33-20-9-13-23(14-10-20)37-22-6-3-2-4-7-22/h2-19H,1H3,(H,30,32,35)(H2,33,34,36). The van der Waals surface area contributed by atoms with E-state index in [1.807, 2.05) is 42.5 Å². The quantitative estimate of drug-likeness (QED) is 0.213. The van der Waals surface area contributed by atoms with E-state index in [-0.39, 0.29) is 6.03 Å². The van der Waals surface area contributed by atoms with Crippen molar-refractivity contribution in [2.75, 3.05) is 23.0 Å². The number of para-hydroxylation sites is 1. The highest BCUT2D eigenvalue weighted by atomic mass is 16.5. The van der Waals surface area contributed by atoms with Crippen molar-refractivity contribution in [3.63, 3.8) is 0 Å². The molecule has 5 rings (SSSR count). The van der Waals surface area contributed by atoms with E-state index < -0.39 is 0 Å². The van der Waals surface area contributed by atoms with Crippen molar-refractivity contribution >= 4 is 23.4 Å². The molecule has 0 fully saturated rings. The molecule has 0 aliphatic rings. The van der Waals surface area contributed by atoms with Gasteiger partial charge in [-0.05, 0) is 78.9 Å². The van der Waals surface area contributed by atoms with Gasteiger partial charge in [-0.25, -0.2) is 19.7 Å². The van der Waals surface area contributed by atoms with Gasteiger partial charge in [0.05, 0.1) is 11.3 Å². The van der Waals surface area contributed by atoms with E-state index in [4.69, 9.17) is 9.47 Å². The van der Waals surface area contributed by atoms with Gasteiger partial charge in [0.2, 0.25) is 11.8 Å². The predicted molar refractivity (Wildman–Crippen MR) is 147 cm³/mol. The minimum Gasteiger partial charge on any atom is -0.457 e. The molecule has 0 radical (unpaired) electrons. The number of nitrogens with one attached hydrogen (secondary N) is 3. The number of hydrogen-bond acceptors (Lipinski definition) is 7. The number of benzene rings is 3. The van der Waals surface area contributed by atoms with E-state index >= 15 is 0 Å². The third-order valence-electron chi connectivity index (χ3n) is 5.34. The van der Waals surface area contributed by atoms with Crippen LogP contribution in [0.2, 0.25) is 0 Å². The maximum atomic E-state index is 12.5. The Morgan fingerprint density at radius 1 is 0.658 bits per heavy atom. The van der Waals surface area contributed by atoms with Crippen molar-refractivity contribution in [2.45, 2.75) is 0 Å². The summed E-state index contributed by atoms with van der Waals surface area (Å²) in [5, 5.41) is 8.54. The van der Waals surface area contributed by atoms with Gasteiger partial charge in [0.25, 0.3) is 0 Å². The molecule has 0 saturated heterocycles. The summed E-state index contributed by atoms with van der Waals surface area (Å²) < 4.78 is 11.8. The van der Waals surface area contributed by atoms with E-state index in [1.54, 1.807) is 74.0 Å². The van der Waals surface area contributed by atoms with Crippen LogP contribution in [0, 0.1) is 0 Å². The second kappa shape index (κ2) is 11.5. The molecule has 0 atom stereocenters. The average molecular weight is 505 g/mol. The van der Waals surface area contributed by atoms with Gasteiger partial charge in [-0.1, -0.05) is 18.2 Å². The number of carbonyl (C=O) groups excluding carboxylic acids is 1. The Kier molecular flexibility index (Phi) is 7.36. The van der Waals surface area contributed by atoms with Gasteiger partial charge in [-0.3, -0.25) is 0 Å². The summed E-state index contributed by atoms with van der Waals surface area (Å²) in [5.74, 6) is 2.90.